The van der Waals surface area contributed by atoms with Gasteiger partial charge in [-0.2, -0.15) is 11.3 Å². The summed E-state index contributed by atoms with van der Waals surface area (Å²) >= 11 is 1.77. The van der Waals surface area contributed by atoms with E-state index in [1.165, 1.54) is 23.5 Å². The van der Waals surface area contributed by atoms with Crippen molar-refractivity contribution in [3.05, 3.63) is 16.8 Å². The van der Waals surface area contributed by atoms with E-state index in [0.29, 0.717) is 0 Å². The molecule has 1 heterocycles. The lowest BCUT2D eigenvalue weighted by Gasteiger charge is -1.95. The van der Waals surface area contributed by atoms with Crippen LogP contribution in [0.2, 0.25) is 0 Å². The molecule has 1 aromatic rings. The molecule has 1 rings (SSSR count). The van der Waals surface area contributed by atoms with Crippen LogP contribution in [0, 0.1) is 0 Å². The summed E-state index contributed by atoms with van der Waals surface area (Å²) in [7, 11) is 3.85. The van der Waals surface area contributed by atoms with Gasteiger partial charge in [-0.25, -0.2) is 0 Å². The van der Waals surface area contributed by atoms with E-state index in [4.69, 9.17) is 0 Å². The van der Waals surface area contributed by atoms with Gasteiger partial charge in [-0.05, 0) is 17.9 Å². The first-order valence-corrected chi connectivity index (χ1v) is 7.01. The Bertz CT molecular complexity index is 169. The van der Waals surface area contributed by atoms with Crippen LogP contribution < -0.4 is 0 Å². The van der Waals surface area contributed by atoms with Gasteiger partial charge in [-0.3, -0.25) is 0 Å². The van der Waals surface area contributed by atoms with Crippen molar-refractivity contribution in [2.24, 2.45) is 0 Å². The second kappa shape index (κ2) is 5.98. The molecule has 3 heteroatoms. The minimum atomic E-state index is 1.27. The summed E-state index contributed by atoms with van der Waals surface area (Å²) in [5.74, 6) is 1.27. The molecule has 0 aromatic carbocycles. The number of rotatable bonds is 5. The Hall–Kier alpha value is 0.400. The van der Waals surface area contributed by atoms with Gasteiger partial charge in [0.2, 0.25) is 0 Å². The largest absolute Gasteiger partial charge is 0.151 e. The van der Waals surface area contributed by atoms with Crippen molar-refractivity contribution in [1.82, 2.24) is 0 Å². The van der Waals surface area contributed by atoms with Gasteiger partial charge in [0.1, 0.15) is 0 Å². The molecule has 0 amide bonds. The molecule has 0 unspecified atom stereocenters. The maximum atomic E-state index is 2.23. The monoisotopic (exact) mass is 204 g/mol. The number of unbranched alkanes of at least 4 members (excludes halogenated alkanes) is 1. The molecule has 0 saturated carbocycles. The van der Waals surface area contributed by atoms with Crippen LogP contribution in [0.1, 0.15) is 19.8 Å². The molecule has 0 bridgehead atoms. The Morgan fingerprint density at radius 2 is 2.45 bits per heavy atom. The van der Waals surface area contributed by atoms with Crippen LogP contribution >= 0.6 is 32.9 Å². The minimum absolute atomic E-state index is 1.27. The zero-order valence-corrected chi connectivity index (χ0v) is 9.03. The quantitative estimate of drug-likeness (QED) is 0.518. The normalized spacial score (nSPS) is 10.3. The Morgan fingerprint density at radius 1 is 1.55 bits per heavy atom. The maximum Gasteiger partial charge on any atom is 0.0289 e. The van der Waals surface area contributed by atoms with Crippen LogP contribution in [-0.4, -0.2) is 5.75 Å². The Kier molecular flexibility index (Phi) is 5.15. The molecule has 0 aliphatic heterocycles. The molecule has 0 radical (unpaired) electrons. The molecule has 62 valence electrons. The number of thiophene rings is 1. The SMILES string of the molecule is CCCCSSc1ccsc1. The topological polar surface area (TPSA) is 0 Å². The fraction of sp³-hybridized carbons (Fsp3) is 0.500. The maximum absolute atomic E-state index is 2.23. The summed E-state index contributed by atoms with van der Waals surface area (Å²) < 4.78 is 0. The summed E-state index contributed by atoms with van der Waals surface area (Å²) in [6.07, 6.45) is 2.64. The van der Waals surface area contributed by atoms with Gasteiger partial charge in [0, 0.05) is 16.0 Å². The molecule has 1 aromatic heterocycles. The van der Waals surface area contributed by atoms with Crippen molar-refractivity contribution >= 4 is 32.9 Å². The van der Waals surface area contributed by atoms with Crippen LogP contribution in [0.5, 0.6) is 0 Å². The lowest BCUT2D eigenvalue weighted by atomic mass is 10.4. The predicted molar refractivity (Wildman–Crippen MR) is 57.5 cm³/mol. The lowest BCUT2D eigenvalue weighted by Crippen LogP contribution is -1.71. The molecule has 0 N–H and O–H groups in total. The van der Waals surface area contributed by atoms with Gasteiger partial charge in [0.25, 0.3) is 0 Å². The summed E-state index contributed by atoms with van der Waals surface area (Å²) in [6, 6.07) is 2.17. The van der Waals surface area contributed by atoms with Crippen molar-refractivity contribution in [3.8, 4) is 0 Å². The molecular weight excluding hydrogens is 192 g/mol. The average molecular weight is 204 g/mol. The molecule has 0 aliphatic carbocycles. The predicted octanol–water partition coefficient (Wildman–Crippen LogP) is 4.29. The second-order valence-corrected chi connectivity index (χ2v) is 5.49. The molecule has 0 spiro atoms. The van der Waals surface area contributed by atoms with Crippen LogP contribution in [0.15, 0.2) is 21.7 Å². The van der Waals surface area contributed by atoms with E-state index in [1.54, 1.807) is 11.3 Å². The van der Waals surface area contributed by atoms with Crippen molar-refractivity contribution in [1.29, 1.82) is 0 Å². The number of hydrogen-bond donors (Lipinski definition) is 0. The summed E-state index contributed by atoms with van der Waals surface area (Å²) in [5, 5.41) is 4.33. The highest BCUT2D eigenvalue weighted by molar-refractivity contribution is 8.76. The van der Waals surface area contributed by atoms with E-state index in [-0.39, 0.29) is 0 Å². The Balaban J connectivity index is 2.04. The highest BCUT2D eigenvalue weighted by atomic mass is 33.1. The Labute approximate surface area is 80.2 Å². The van der Waals surface area contributed by atoms with E-state index in [1.807, 2.05) is 21.6 Å². The van der Waals surface area contributed by atoms with E-state index in [9.17, 15) is 0 Å². The lowest BCUT2D eigenvalue weighted by molar-refractivity contribution is 0.898. The molecule has 0 fully saturated rings. The molecule has 0 atom stereocenters. The van der Waals surface area contributed by atoms with E-state index < -0.39 is 0 Å². The van der Waals surface area contributed by atoms with Gasteiger partial charge < -0.3 is 0 Å². The van der Waals surface area contributed by atoms with E-state index in [2.05, 4.69) is 23.8 Å². The molecule has 0 saturated heterocycles. The fourth-order valence-electron chi connectivity index (χ4n) is 0.612. The fourth-order valence-corrected chi connectivity index (χ4v) is 3.82. The van der Waals surface area contributed by atoms with Gasteiger partial charge in [0.05, 0.1) is 0 Å². The molecule has 11 heavy (non-hydrogen) atoms. The van der Waals surface area contributed by atoms with Crippen LogP contribution in [0.3, 0.4) is 0 Å². The minimum Gasteiger partial charge on any atom is -0.151 e. The smallest absolute Gasteiger partial charge is 0.0289 e. The van der Waals surface area contributed by atoms with Crippen LogP contribution in [0.4, 0.5) is 0 Å². The van der Waals surface area contributed by atoms with Gasteiger partial charge in [-0.1, -0.05) is 34.9 Å². The number of hydrogen-bond acceptors (Lipinski definition) is 3. The first-order chi connectivity index (χ1) is 5.43. The van der Waals surface area contributed by atoms with Crippen molar-refractivity contribution < 1.29 is 0 Å². The third kappa shape index (κ3) is 4.09. The van der Waals surface area contributed by atoms with Crippen LogP contribution in [0.25, 0.3) is 0 Å². The highest BCUT2D eigenvalue weighted by Crippen LogP contribution is 2.32. The second-order valence-electron chi connectivity index (χ2n) is 2.22. The van der Waals surface area contributed by atoms with Crippen LogP contribution in [-0.2, 0) is 0 Å². The standard InChI is InChI=1S/C8H12S3/c1-2-3-5-10-11-8-4-6-9-7-8/h4,6-7H,2-3,5H2,1H3. The third-order valence-electron chi connectivity index (χ3n) is 1.23. The first kappa shape index (κ1) is 9.49. The van der Waals surface area contributed by atoms with Gasteiger partial charge in [-0.15, -0.1) is 0 Å². The van der Waals surface area contributed by atoms with Crippen molar-refractivity contribution in [2.45, 2.75) is 24.7 Å². The molecular formula is C8H12S3. The first-order valence-electron chi connectivity index (χ1n) is 3.75. The summed E-state index contributed by atoms with van der Waals surface area (Å²) in [6.45, 7) is 2.23. The van der Waals surface area contributed by atoms with E-state index in [0.717, 1.165) is 0 Å². The third-order valence-corrected chi connectivity index (χ3v) is 4.51. The summed E-state index contributed by atoms with van der Waals surface area (Å²) in [5.41, 5.74) is 0. The molecule has 0 nitrogen and oxygen atoms in total. The zero-order chi connectivity index (χ0) is 7.94. The molecule has 0 aliphatic rings. The Morgan fingerprint density at radius 3 is 3.09 bits per heavy atom. The highest BCUT2D eigenvalue weighted by Gasteiger charge is 1.93. The van der Waals surface area contributed by atoms with Gasteiger partial charge in [0.15, 0.2) is 0 Å². The van der Waals surface area contributed by atoms with Gasteiger partial charge >= 0.3 is 0 Å². The van der Waals surface area contributed by atoms with Crippen molar-refractivity contribution in [3.63, 3.8) is 0 Å². The van der Waals surface area contributed by atoms with Crippen molar-refractivity contribution in [2.75, 3.05) is 5.75 Å². The average Bonchev–Trinajstić information content (AvgIpc) is 2.50. The summed E-state index contributed by atoms with van der Waals surface area (Å²) in [4.78, 5) is 1.40. The zero-order valence-electron chi connectivity index (χ0n) is 6.58. The van der Waals surface area contributed by atoms with E-state index >= 15 is 0 Å².